The summed E-state index contributed by atoms with van der Waals surface area (Å²) in [6.07, 6.45) is 2.99. The largest absolute Gasteiger partial charge is 0.433 e. The van der Waals surface area contributed by atoms with E-state index in [0.717, 1.165) is 50.0 Å². The van der Waals surface area contributed by atoms with Crippen LogP contribution in [0.2, 0.25) is 0 Å². The van der Waals surface area contributed by atoms with Crippen molar-refractivity contribution in [3.05, 3.63) is 35.9 Å². The number of unbranched alkanes of at least 4 members (excludes halogenated alkanes) is 1. The molecule has 8 nitrogen and oxygen atoms in total. The van der Waals surface area contributed by atoms with Gasteiger partial charge in [-0.15, -0.1) is 34.2 Å². The molecule has 0 spiro atoms. The molecule has 1 fully saturated rings. The molecule has 0 amide bonds. The van der Waals surface area contributed by atoms with E-state index >= 15 is 0 Å². The second-order valence-electron chi connectivity index (χ2n) is 7.59. The van der Waals surface area contributed by atoms with E-state index in [1.165, 1.54) is 0 Å². The van der Waals surface area contributed by atoms with Gasteiger partial charge in [0.2, 0.25) is 0 Å². The summed E-state index contributed by atoms with van der Waals surface area (Å²) in [6.45, 7) is 3.85. The Morgan fingerprint density at radius 1 is 1.31 bits per heavy atom. The highest BCUT2D eigenvalue weighted by Gasteiger charge is 2.26. The molecule has 178 valence electrons. The van der Waals surface area contributed by atoms with Crippen molar-refractivity contribution in [2.45, 2.75) is 52.3 Å². The SMILES string of the molecule is CCCCNC(=NCc1nnc(C)n1C)NC1CCN(c2ccccc2OC(F)F)C1.I. The molecule has 1 aromatic carbocycles. The minimum atomic E-state index is -2.84. The van der Waals surface area contributed by atoms with E-state index in [1.807, 2.05) is 30.7 Å². The van der Waals surface area contributed by atoms with E-state index < -0.39 is 6.61 Å². The zero-order valence-electron chi connectivity index (χ0n) is 18.7. The third-order valence-electron chi connectivity index (χ3n) is 5.34. The summed E-state index contributed by atoms with van der Waals surface area (Å²) in [5.41, 5.74) is 0.680. The number of halogens is 3. The Kier molecular flexibility index (Phi) is 10.4. The molecule has 3 rings (SSSR count). The topological polar surface area (TPSA) is 79.6 Å². The van der Waals surface area contributed by atoms with Crippen LogP contribution >= 0.6 is 24.0 Å². The third kappa shape index (κ3) is 7.17. The summed E-state index contributed by atoms with van der Waals surface area (Å²) in [6, 6.07) is 7.05. The van der Waals surface area contributed by atoms with Crippen LogP contribution in [0.5, 0.6) is 5.75 Å². The van der Waals surface area contributed by atoms with Gasteiger partial charge in [0.1, 0.15) is 18.1 Å². The second-order valence-corrected chi connectivity index (χ2v) is 7.59. The lowest BCUT2D eigenvalue weighted by molar-refractivity contribution is -0.0495. The van der Waals surface area contributed by atoms with Gasteiger partial charge in [-0.05, 0) is 31.9 Å². The van der Waals surface area contributed by atoms with Crippen LogP contribution in [0, 0.1) is 6.92 Å². The molecule has 2 N–H and O–H groups in total. The Balaban J connectivity index is 0.00000363. The molecule has 1 unspecified atom stereocenters. The third-order valence-corrected chi connectivity index (χ3v) is 5.34. The predicted octanol–water partition coefficient (Wildman–Crippen LogP) is 3.46. The van der Waals surface area contributed by atoms with Crippen molar-refractivity contribution < 1.29 is 13.5 Å². The number of rotatable bonds is 9. The summed E-state index contributed by atoms with van der Waals surface area (Å²) in [5.74, 6) is 2.55. The molecule has 0 saturated carbocycles. The molecule has 1 aromatic heterocycles. The van der Waals surface area contributed by atoms with Gasteiger partial charge in [0, 0.05) is 32.7 Å². The van der Waals surface area contributed by atoms with Crippen LogP contribution in [0.4, 0.5) is 14.5 Å². The van der Waals surface area contributed by atoms with Crippen LogP contribution in [0.15, 0.2) is 29.3 Å². The Morgan fingerprint density at radius 2 is 2.09 bits per heavy atom. The van der Waals surface area contributed by atoms with Crippen LogP contribution in [-0.2, 0) is 13.6 Å². The first-order chi connectivity index (χ1) is 15.0. The highest BCUT2D eigenvalue weighted by molar-refractivity contribution is 14.0. The molecular formula is C21H32F2IN7O. The molecule has 1 atom stereocenters. The normalized spacial score (nSPS) is 16.2. The Bertz CT molecular complexity index is 878. The second kappa shape index (κ2) is 12.8. The number of aliphatic imine (C=N–C) groups is 1. The average molecular weight is 563 g/mol. The van der Waals surface area contributed by atoms with Gasteiger partial charge >= 0.3 is 6.61 Å². The zero-order valence-corrected chi connectivity index (χ0v) is 21.1. The number of aryl methyl sites for hydroxylation is 1. The maximum Gasteiger partial charge on any atom is 0.387 e. The number of guanidine groups is 1. The van der Waals surface area contributed by atoms with Gasteiger partial charge < -0.3 is 24.8 Å². The smallest absolute Gasteiger partial charge is 0.387 e. The van der Waals surface area contributed by atoms with Gasteiger partial charge in [0.15, 0.2) is 11.8 Å². The van der Waals surface area contributed by atoms with Gasteiger partial charge in [-0.3, -0.25) is 0 Å². The molecule has 2 heterocycles. The molecule has 0 radical (unpaired) electrons. The van der Waals surface area contributed by atoms with Gasteiger partial charge in [0.25, 0.3) is 0 Å². The Labute approximate surface area is 204 Å². The van der Waals surface area contributed by atoms with E-state index in [0.29, 0.717) is 18.8 Å². The molecule has 1 aliphatic rings. The summed E-state index contributed by atoms with van der Waals surface area (Å²) >= 11 is 0. The van der Waals surface area contributed by atoms with Crippen molar-refractivity contribution in [3.8, 4) is 5.75 Å². The van der Waals surface area contributed by atoms with E-state index in [-0.39, 0.29) is 35.8 Å². The van der Waals surface area contributed by atoms with Gasteiger partial charge in [-0.2, -0.15) is 8.78 Å². The predicted molar refractivity (Wildman–Crippen MR) is 132 cm³/mol. The van der Waals surface area contributed by atoms with Crippen molar-refractivity contribution in [2.75, 3.05) is 24.5 Å². The first-order valence-electron chi connectivity index (χ1n) is 10.7. The van der Waals surface area contributed by atoms with Gasteiger partial charge in [0.05, 0.1) is 5.69 Å². The Morgan fingerprint density at radius 3 is 2.78 bits per heavy atom. The fraction of sp³-hybridized carbons (Fsp3) is 0.571. The van der Waals surface area contributed by atoms with Crippen molar-refractivity contribution >= 4 is 35.6 Å². The minimum Gasteiger partial charge on any atom is -0.433 e. The summed E-state index contributed by atoms with van der Waals surface area (Å²) in [5, 5.41) is 15.1. The van der Waals surface area contributed by atoms with Crippen molar-refractivity contribution in [2.24, 2.45) is 12.0 Å². The lowest BCUT2D eigenvalue weighted by atomic mass is 10.2. The number of para-hydroxylation sites is 2. The number of ether oxygens (including phenoxy) is 1. The fourth-order valence-electron chi connectivity index (χ4n) is 3.48. The first kappa shape index (κ1) is 26.1. The Hall–Kier alpha value is -2.18. The highest BCUT2D eigenvalue weighted by atomic mass is 127. The van der Waals surface area contributed by atoms with Crippen LogP contribution in [-0.4, -0.2) is 53.0 Å². The van der Waals surface area contributed by atoms with Gasteiger partial charge in [-0.25, -0.2) is 4.99 Å². The van der Waals surface area contributed by atoms with E-state index in [4.69, 9.17) is 4.74 Å². The fourth-order valence-corrected chi connectivity index (χ4v) is 3.48. The number of nitrogens with zero attached hydrogens (tertiary/aromatic N) is 5. The number of aromatic nitrogens is 3. The summed E-state index contributed by atoms with van der Waals surface area (Å²) in [7, 11) is 1.92. The lowest BCUT2D eigenvalue weighted by Gasteiger charge is -2.22. The minimum absolute atomic E-state index is 0. The molecule has 11 heteroatoms. The molecule has 0 aliphatic carbocycles. The van der Waals surface area contributed by atoms with Crippen LogP contribution in [0.3, 0.4) is 0 Å². The standard InChI is InChI=1S/C21H31F2N7O.HI/c1-4-5-11-24-21(25-13-19-28-27-15(2)29(19)3)26-16-10-12-30(14-16)17-8-6-7-9-18(17)31-20(22)23;/h6-9,16,20H,4-5,10-14H2,1-3H3,(H2,24,25,26);1H. The van der Waals surface area contributed by atoms with Crippen molar-refractivity contribution in [1.29, 1.82) is 0 Å². The summed E-state index contributed by atoms with van der Waals surface area (Å²) in [4.78, 5) is 6.75. The average Bonchev–Trinajstić information content (AvgIpc) is 3.33. The van der Waals surface area contributed by atoms with Crippen molar-refractivity contribution in [3.63, 3.8) is 0 Å². The maximum atomic E-state index is 12.7. The molecular weight excluding hydrogens is 531 g/mol. The van der Waals surface area contributed by atoms with Crippen LogP contribution in [0.25, 0.3) is 0 Å². The number of hydrogen-bond donors (Lipinski definition) is 2. The molecule has 1 aliphatic heterocycles. The first-order valence-corrected chi connectivity index (χ1v) is 10.7. The molecule has 2 aromatic rings. The monoisotopic (exact) mass is 563 g/mol. The van der Waals surface area contributed by atoms with Crippen LogP contribution < -0.4 is 20.3 Å². The maximum absolute atomic E-state index is 12.7. The van der Waals surface area contributed by atoms with Crippen molar-refractivity contribution in [1.82, 2.24) is 25.4 Å². The summed E-state index contributed by atoms with van der Waals surface area (Å²) < 4.78 is 32.1. The molecule has 0 bridgehead atoms. The van der Waals surface area contributed by atoms with Crippen LogP contribution in [0.1, 0.15) is 37.8 Å². The number of benzene rings is 1. The van der Waals surface area contributed by atoms with E-state index in [1.54, 1.807) is 12.1 Å². The quantitative estimate of drug-likeness (QED) is 0.211. The number of hydrogen-bond acceptors (Lipinski definition) is 5. The zero-order chi connectivity index (χ0) is 22.2. The molecule has 32 heavy (non-hydrogen) atoms. The molecule has 1 saturated heterocycles. The number of nitrogens with one attached hydrogen (secondary N) is 2. The highest BCUT2D eigenvalue weighted by Crippen LogP contribution is 2.31. The van der Waals surface area contributed by atoms with E-state index in [2.05, 4.69) is 37.6 Å². The lowest BCUT2D eigenvalue weighted by Crippen LogP contribution is -2.45. The number of anilines is 1. The van der Waals surface area contributed by atoms with E-state index in [9.17, 15) is 8.78 Å². The number of alkyl halides is 2. The van der Waals surface area contributed by atoms with Gasteiger partial charge in [-0.1, -0.05) is 25.5 Å².